The van der Waals surface area contributed by atoms with Crippen LogP contribution in [-0.4, -0.2) is 18.9 Å². The Morgan fingerprint density at radius 2 is 1.56 bits per heavy atom. The van der Waals surface area contributed by atoms with E-state index in [-0.39, 0.29) is 24.1 Å². The van der Waals surface area contributed by atoms with Gasteiger partial charge >= 0.3 is 5.97 Å². The number of hydrogen-bond acceptors (Lipinski definition) is 3. The lowest BCUT2D eigenvalue weighted by Gasteiger charge is -2.18. The van der Waals surface area contributed by atoms with E-state index in [1.807, 2.05) is 0 Å². The standard InChI is InChI=1S/C13H22O3/c1-16-13(15)10-9-12(14)11-7-5-3-2-4-6-8-11/h11H,2-10H2,1H3. The minimum Gasteiger partial charge on any atom is -0.469 e. The summed E-state index contributed by atoms with van der Waals surface area (Å²) in [5.74, 6) is 0.177. The summed E-state index contributed by atoms with van der Waals surface area (Å²) in [6.45, 7) is 0. The second kappa shape index (κ2) is 7.42. The molecule has 3 nitrogen and oxygen atoms in total. The highest BCUT2D eigenvalue weighted by atomic mass is 16.5. The molecule has 16 heavy (non-hydrogen) atoms. The highest BCUT2D eigenvalue weighted by Crippen LogP contribution is 2.24. The number of ether oxygens (including phenoxy) is 1. The van der Waals surface area contributed by atoms with Gasteiger partial charge in [0.1, 0.15) is 5.78 Å². The Labute approximate surface area is 97.5 Å². The highest BCUT2D eigenvalue weighted by Gasteiger charge is 2.19. The predicted octanol–water partition coefficient (Wildman–Crippen LogP) is 2.87. The van der Waals surface area contributed by atoms with Crippen LogP contribution in [0.4, 0.5) is 0 Å². The molecule has 0 unspecified atom stereocenters. The van der Waals surface area contributed by atoms with Crippen molar-refractivity contribution >= 4 is 11.8 Å². The summed E-state index contributed by atoms with van der Waals surface area (Å²) in [6, 6.07) is 0. The Hall–Kier alpha value is -0.860. The summed E-state index contributed by atoms with van der Waals surface area (Å²) < 4.78 is 4.54. The summed E-state index contributed by atoms with van der Waals surface area (Å²) in [5, 5.41) is 0. The van der Waals surface area contributed by atoms with Crippen LogP contribution in [0.2, 0.25) is 0 Å². The smallest absolute Gasteiger partial charge is 0.305 e. The lowest BCUT2D eigenvalue weighted by atomic mass is 9.87. The van der Waals surface area contributed by atoms with Crippen LogP contribution < -0.4 is 0 Å². The molecule has 1 saturated carbocycles. The van der Waals surface area contributed by atoms with Gasteiger partial charge < -0.3 is 4.74 Å². The summed E-state index contributed by atoms with van der Waals surface area (Å²) in [7, 11) is 1.36. The van der Waals surface area contributed by atoms with Crippen LogP contribution in [0.25, 0.3) is 0 Å². The van der Waals surface area contributed by atoms with E-state index in [1.54, 1.807) is 0 Å². The molecule has 0 heterocycles. The molecule has 92 valence electrons. The van der Waals surface area contributed by atoms with Crippen molar-refractivity contribution < 1.29 is 14.3 Å². The summed E-state index contributed by atoms with van der Waals surface area (Å²) in [4.78, 5) is 22.8. The second-order valence-corrected chi connectivity index (χ2v) is 4.58. The molecule has 3 heteroatoms. The SMILES string of the molecule is COC(=O)CCC(=O)C1CCCCCCC1. The zero-order valence-electron chi connectivity index (χ0n) is 10.2. The van der Waals surface area contributed by atoms with Crippen molar-refractivity contribution in [3.05, 3.63) is 0 Å². The maximum absolute atomic E-state index is 11.9. The molecule has 0 radical (unpaired) electrons. The van der Waals surface area contributed by atoms with E-state index in [2.05, 4.69) is 4.74 Å². The Morgan fingerprint density at radius 1 is 1.00 bits per heavy atom. The molecule has 0 saturated heterocycles. The number of hydrogen-bond donors (Lipinski definition) is 0. The fourth-order valence-corrected chi connectivity index (χ4v) is 2.31. The van der Waals surface area contributed by atoms with Gasteiger partial charge in [0.15, 0.2) is 0 Å². The van der Waals surface area contributed by atoms with E-state index in [4.69, 9.17) is 0 Å². The van der Waals surface area contributed by atoms with Gasteiger partial charge in [-0.05, 0) is 12.8 Å². The van der Waals surface area contributed by atoms with Gasteiger partial charge in [0.2, 0.25) is 0 Å². The normalized spacial score (nSPS) is 18.6. The molecule has 0 aromatic carbocycles. The summed E-state index contributed by atoms with van der Waals surface area (Å²) in [5.41, 5.74) is 0. The molecule has 1 aliphatic rings. The van der Waals surface area contributed by atoms with Crippen LogP contribution in [0.5, 0.6) is 0 Å². The molecule has 0 amide bonds. The minimum absolute atomic E-state index is 0.199. The molecule has 0 bridgehead atoms. The lowest BCUT2D eigenvalue weighted by Crippen LogP contribution is -2.17. The number of ketones is 1. The van der Waals surface area contributed by atoms with Gasteiger partial charge in [-0.15, -0.1) is 0 Å². The second-order valence-electron chi connectivity index (χ2n) is 4.58. The Kier molecular flexibility index (Phi) is 6.12. The third-order valence-corrected chi connectivity index (χ3v) is 3.36. The van der Waals surface area contributed by atoms with Crippen LogP contribution in [0.3, 0.4) is 0 Å². The average Bonchev–Trinajstić information content (AvgIpc) is 2.25. The molecular formula is C13H22O3. The van der Waals surface area contributed by atoms with Crippen molar-refractivity contribution in [3.8, 4) is 0 Å². The van der Waals surface area contributed by atoms with E-state index < -0.39 is 0 Å². The summed E-state index contributed by atoms with van der Waals surface area (Å²) in [6.07, 6.45) is 8.76. The first kappa shape index (κ1) is 13.2. The molecule has 0 aromatic rings. The fraction of sp³-hybridized carbons (Fsp3) is 0.846. The van der Waals surface area contributed by atoms with Crippen LogP contribution in [-0.2, 0) is 14.3 Å². The number of rotatable bonds is 4. The fourth-order valence-electron chi connectivity index (χ4n) is 2.31. The monoisotopic (exact) mass is 226 g/mol. The zero-order chi connectivity index (χ0) is 11.8. The molecule has 0 aromatic heterocycles. The van der Waals surface area contributed by atoms with Crippen LogP contribution in [0.1, 0.15) is 57.8 Å². The van der Waals surface area contributed by atoms with E-state index in [0.717, 1.165) is 25.7 Å². The Balaban J connectivity index is 2.30. The zero-order valence-corrected chi connectivity index (χ0v) is 10.2. The first-order chi connectivity index (χ1) is 7.74. The topological polar surface area (TPSA) is 43.4 Å². The molecule has 0 atom stereocenters. The van der Waals surface area contributed by atoms with Crippen molar-refractivity contribution in [1.82, 2.24) is 0 Å². The molecule has 1 rings (SSSR count). The van der Waals surface area contributed by atoms with E-state index >= 15 is 0 Å². The largest absolute Gasteiger partial charge is 0.469 e. The third-order valence-electron chi connectivity index (χ3n) is 3.36. The number of carbonyl (C=O) groups excluding carboxylic acids is 2. The first-order valence-corrected chi connectivity index (χ1v) is 6.33. The van der Waals surface area contributed by atoms with Gasteiger partial charge in [0, 0.05) is 12.3 Å². The molecular weight excluding hydrogens is 204 g/mol. The first-order valence-electron chi connectivity index (χ1n) is 6.33. The van der Waals surface area contributed by atoms with E-state index in [0.29, 0.717) is 6.42 Å². The van der Waals surface area contributed by atoms with Crippen molar-refractivity contribution in [2.24, 2.45) is 5.92 Å². The van der Waals surface area contributed by atoms with Crippen LogP contribution in [0, 0.1) is 5.92 Å². The Bertz CT molecular complexity index is 227. The van der Waals surface area contributed by atoms with Gasteiger partial charge in [-0.25, -0.2) is 0 Å². The molecule has 0 aliphatic heterocycles. The van der Waals surface area contributed by atoms with Crippen LogP contribution in [0.15, 0.2) is 0 Å². The Morgan fingerprint density at radius 3 is 2.12 bits per heavy atom. The predicted molar refractivity (Wildman–Crippen MR) is 62.1 cm³/mol. The van der Waals surface area contributed by atoms with Gasteiger partial charge in [0.05, 0.1) is 13.5 Å². The van der Waals surface area contributed by atoms with Gasteiger partial charge in [0.25, 0.3) is 0 Å². The minimum atomic E-state index is -0.279. The molecule has 1 fully saturated rings. The lowest BCUT2D eigenvalue weighted by molar-refractivity contribution is -0.142. The third kappa shape index (κ3) is 4.77. The summed E-state index contributed by atoms with van der Waals surface area (Å²) >= 11 is 0. The number of Topliss-reactive ketones (excluding diaryl/α,β-unsaturated/α-hetero) is 1. The number of methoxy groups -OCH3 is 1. The number of carbonyl (C=O) groups is 2. The van der Waals surface area contributed by atoms with E-state index in [1.165, 1.54) is 26.4 Å². The molecule has 0 spiro atoms. The van der Waals surface area contributed by atoms with Gasteiger partial charge in [-0.1, -0.05) is 32.1 Å². The van der Waals surface area contributed by atoms with Gasteiger partial charge in [-0.3, -0.25) is 9.59 Å². The molecule has 1 aliphatic carbocycles. The molecule has 0 N–H and O–H groups in total. The number of esters is 1. The maximum Gasteiger partial charge on any atom is 0.305 e. The highest BCUT2D eigenvalue weighted by molar-refractivity contribution is 5.84. The van der Waals surface area contributed by atoms with Crippen molar-refractivity contribution in [2.45, 2.75) is 57.8 Å². The van der Waals surface area contributed by atoms with Crippen LogP contribution >= 0.6 is 0 Å². The maximum atomic E-state index is 11.9. The van der Waals surface area contributed by atoms with E-state index in [9.17, 15) is 9.59 Å². The average molecular weight is 226 g/mol. The van der Waals surface area contributed by atoms with Crippen molar-refractivity contribution in [2.75, 3.05) is 7.11 Å². The van der Waals surface area contributed by atoms with Crippen molar-refractivity contribution in [1.29, 1.82) is 0 Å². The van der Waals surface area contributed by atoms with Gasteiger partial charge in [-0.2, -0.15) is 0 Å². The van der Waals surface area contributed by atoms with Crippen molar-refractivity contribution in [3.63, 3.8) is 0 Å². The quantitative estimate of drug-likeness (QED) is 0.692.